The third-order valence-electron chi connectivity index (χ3n) is 4.81. The minimum Gasteiger partial charge on any atom is -0.100 e. The van der Waals surface area contributed by atoms with E-state index < -0.39 is 0 Å². The Kier molecular flexibility index (Phi) is 4.03. The molecule has 3 aromatic carbocycles. The summed E-state index contributed by atoms with van der Waals surface area (Å²) in [6, 6.07) is 22.1. The molecule has 0 aliphatic heterocycles. The highest BCUT2D eigenvalue weighted by Crippen LogP contribution is 2.37. The summed E-state index contributed by atoms with van der Waals surface area (Å²) in [6.45, 7) is 4.71. The van der Waals surface area contributed by atoms with Crippen LogP contribution in [0.4, 0.5) is 0 Å². The Hall–Kier alpha value is -2.25. The first-order chi connectivity index (χ1) is 11.7. The van der Waals surface area contributed by atoms with Gasteiger partial charge in [0.1, 0.15) is 0 Å². The van der Waals surface area contributed by atoms with Crippen LogP contribution in [-0.2, 0) is 6.42 Å². The van der Waals surface area contributed by atoms with E-state index in [9.17, 15) is 0 Å². The summed E-state index contributed by atoms with van der Waals surface area (Å²) in [5.41, 5.74) is 9.70. The van der Waals surface area contributed by atoms with E-state index in [0.29, 0.717) is 0 Å². The van der Waals surface area contributed by atoms with Crippen molar-refractivity contribution in [3.63, 3.8) is 0 Å². The fourth-order valence-corrected chi connectivity index (χ4v) is 4.27. The average Bonchev–Trinajstić information content (AvgIpc) is 3.02. The van der Waals surface area contributed by atoms with Gasteiger partial charge in [-0.05, 0) is 54.3 Å². The van der Waals surface area contributed by atoms with Crippen LogP contribution in [0.3, 0.4) is 0 Å². The predicted octanol–water partition coefficient (Wildman–Crippen LogP) is 5.97. The lowest BCUT2D eigenvalue weighted by atomic mass is 9.93. The van der Waals surface area contributed by atoms with Crippen LogP contribution in [0.25, 0.3) is 28.0 Å². The van der Waals surface area contributed by atoms with Crippen LogP contribution in [0.15, 0.2) is 66.2 Å². The van der Waals surface area contributed by atoms with E-state index in [4.69, 9.17) is 0 Å². The Morgan fingerprint density at radius 3 is 2.50 bits per heavy atom. The first-order valence-corrected chi connectivity index (χ1v) is 11.2. The molecule has 0 heterocycles. The van der Waals surface area contributed by atoms with Gasteiger partial charge in [0.15, 0.2) is 0 Å². The van der Waals surface area contributed by atoms with E-state index in [1.807, 2.05) is 0 Å². The second-order valence-corrected chi connectivity index (χ2v) is 9.43. The molecule has 4 rings (SSSR count). The van der Waals surface area contributed by atoms with E-state index in [-0.39, 0.29) is 8.41 Å². The molecule has 0 amide bonds. The molecule has 3 aromatic rings. The molecule has 0 radical (unpaired) electrons. The van der Waals surface area contributed by atoms with Crippen LogP contribution < -0.4 is 0 Å². The van der Waals surface area contributed by atoms with E-state index in [2.05, 4.69) is 85.5 Å². The summed E-state index contributed by atoms with van der Waals surface area (Å²) in [7, 11) is -0.264. The molecular weight excluding hydrogens is 304 g/mol. The lowest BCUT2D eigenvalue weighted by Crippen LogP contribution is -1.94. The smallest absolute Gasteiger partial charge is 0.00100 e. The standard InChI is InChI=1S/C23H22Si/c1-24(2)14-13-17-15-19-9-6-12-22(23(19)16-17)21-11-5-8-18-7-3-4-10-20(18)21/h3-12,14,16H,13,15H2,1-2H3. The van der Waals surface area contributed by atoms with E-state index in [0.717, 1.165) is 12.8 Å². The first kappa shape index (κ1) is 15.3. The van der Waals surface area contributed by atoms with E-state index in [1.54, 1.807) is 5.57 Å². The molecule has 0 nitrogen and oxygen atoms in total. The van der Waals surface area contributed by atoms with Crippen molar-refractivity contribution in [3.8, 4) is 11.1 Å². The molecular formula is C23H22Si. The SMILES string of the molecule is C[Si](C)=CCC1=Cc2c(cccc2-c2cccc3ccccc23)C1. The van der Waals surface area contributed by atoms with Gasteiger partial charge in [0.25, 0.3) is 0 Å². The first-order valence-electron chi connectivity index (χ1n) is 8.65. The fraction of sp³-hybridized carbons (Fsp3) is 0.174. The molecule has 0 fully saturated rings. The third-order valence-corrected chi connectivity index (χ3v) is 5.84. The Balaban J connectivity index is 1.84. The maximum atomic E-state index is 2.51. The summed E-state index contributed by atoms with van der Waals surface area (Å²) >= 11 is 0. The van der Waals surface area contributed by atoms with Gasteiger partial charge in [-0.25, -0.2) is 0 Å². The van der Waals surface area contributed by atoms with Crippen molar-refractivity contribution >= 4 is 30.9 Å². The van der Waals surface area contributed by atoms with Gasteiger partial charge in [0, 0.05) is 0 Å². The predicted molar refractivity (Wildman–Crippen MR) is 109 cm³/mol. The van der Waals surface area contributed by atoms with Crippen LogP contribution in [0, 0.1) is 0 Å². The molecule has 0 saturated heterocycles. The Bertz CT molecular complexity index is 967. The minimum atomic E-state index is -0.264. The number of rotatable bonds is 3. The van der Waals surface area contributed by atoms with Crippen molar-refractivity contribution in [2.45, 2.75) is 25.9 Å². The second kappa shape index (κ2) is 6.33. The maximum absolute atomic E-state index is 2.51. The summed E-state index contributed by atoms with van der Waals surface area (Å²) in [6.07, 6.45) is 4.69. The molecule has 0 spiro atoms. The summed E-state index contributed by atoms with van der Waals surface area (Å²) in [5.74, 6) is 0. The molecule has 1 heteroatoms. The normalized spacial score (nSPS) is 12.8. The van der Waals surface area contributed by atoms with Gasteiger partial charge < -0.3 is 0 Å². The van der Waals surface area contributed by atoms with Gasteiger partial charge in [-0.3, -0.25) is 0 Å². The van der Waals surface area contributed by atoms with Crippen molar-refractivity contribution in [1.29, 1.82) is 0 Å². The van der Waals surface area contributed by atoms with E-state index >= 15 is 0 Å². The molecule has 0 aromatic heterocycles. The highest BCUT2D eigenvalue weighted by atomic mass is 28.2. The van der Waals surface area contributed by atoms with Gasteiger partial charge in [0.05, 0.1) is 0 Å². The quantitative estimate of drug-likeness (QED) is 0.520. The van der Waals surface area contributed by atoms with Crippen molar-refractivity contribution in [2.75, 3.05) is 0 Å². The third kappa shape index (κ3) is 2.80. The molecule has 0 N–H and O–H groups in total. The average molecular weight is 327 g/mol. The van der Waals surface area contributed by atoms with E-state index in [1.165, 1.54) is 33.0 Å². The Morgan fingerprint density at radius 1 is 0.875 bits per heavy atom. The van der Waals surface area contributed by atoms with Crippen molar-refractivity contribution in [1.82, 2.24) is 0 Å². The molecule has 1 aliphatic carbocycles. The highest BCUT2D eigenvalue weighted by Gasteiger charge is 2.16. The lowest BCUT2D eigenvalue weighted by molar-refractivity contribution is 1.15. The van der Waals surface area contributed by atoms with Crippen LogP contribution >= 0.6 is 0 Å². The zero-order valence-electron chi connectivity index (χ0n) is 14.3. The van der Waals surface area contributed by atoms with Crippen LogP contribution in [0.1, 0.15) is 17.5 Å². The Labute approximate surface area is 145 Å². The van der Waals surface area contributed by atoms with Gasteiger partial charge in [-0.1, -0.05) is 85.4 Å². The molecule has 0 saturated carbocycles. The van der Waals surface area contributed by atoms with Gasteiger partial charge in [0.2, 0.25) is 0 Å². The minimum absolute atomic E-state index is 0.264. The lowest BCUT2D eigenvalue weighted by Gasteiger charge is -2.11. The van der Waals surface area contributed by atoms with Gasteiger partial charge in [-0.15, -0.1) is 5.67 Å². The molecule has 0 unspecified atom stereocenters. The number of hydrogen-bond acceptors (Lipinski definition) is 0. The van der Waals surface area contributed by atoms with Gasteiger partial charge >= 0.3 is 0 Å². The number of allylic oxidation sites excluding steroid dienone is 1. The number of benzene rings is 3. The van der Waals surface area contributed by atoms with Crippen LogP contribution in [-0.4, -0.2) is 14.1 Å². The largest absolute Gasteiger partial charge is 0.100 e. The highest BCUT2D eigenvalue weighted by molar-refractivity contribution is 6.63. The van der Waals surface area contributed by atoms with Crippen LogP contribution in [0.2, 0.25) is 13.1 Å². The molecule has 0 atom stereocenters. The maximum Gasteiger partial charge on any atom is -0.00100 e. The topological polar surface area (TPSA) is 0 Å². The zero-order valence-corrected chi connectivity index (χ0v) is 15.3. The number of hydrogen-bond donors (Lipinski definition) is 0. The molecule has 118 valence electrons. The second-order valence-electron chi connectivity index (χ2n) is 6.87. The number of fused-ring (bicyclic) bond motifs is 2. The van der Waals surface area contributed by atoms with Crippen molar-refractivity contribution in [3.05, 3.63) is 77.4 Å². The molecule has 1 aliphatic rings. The Morgan fingerprint density at radius 2 is 1.62 bits per heavy atom. The summed E-state index contributed by atoms with van der Waals surface area (Å²) in [4.78, 5) is 0. The molecule has 24 heavy (non-hydrogen) atoms. The summed E-state index contributed by atoms with van der Waals surface area (Å²) in [5, 5.41) is 2.65. The fourth-order valence-electron chi connectivity index (χ4n) is 3.60. The van der Waals surface area contributed by atoms with Crippen molar-refractivity contribution in [2.24, 2.45) is 0 Å². The zero-order chi connectivity index (χ0) is 16.5. The van der Waals surface area contributed by atoms with Gasteiger partial charge in [-0.2, -0.15) is 0 Å². The van der Waals surface area contributed by atoms with Crippen molar-refractivity contribution < 1.29 is 0 Å². The molecule has 0 bridgehead atoms. The summed E-state index contributed by atoms with van der Waals surface area (Å²) < 4.78 is 0. The van der Waals surface area contributed by atoms with Crippen LogP contribution in [0.5, 0.6) is 0 Å². The monoisotopic (exact) mass is 326 g/mol.